The monoisotopic (exact) mass is 285 g/mol. The highest BCUT2D eigenvalue weighted by Crippen LogP contribution is 2.20. The second kappa shape index (κ2) is 7.38. The van der Waals surface area contributed by atoms with E-state index < -0.39 is 5.54 Å². The average Bonchev–Trinajstić information content (AvgIpc) is 2.35. The number of hydrogen-bond donors (Lipinski definition) is 2. The molecule has 0 saturated carbocycles. The van der Waals surface area contributed by atoms with E-state index in [0.717, 1.165) is 32.5 Å². The van der Waals surface area contributed by atoms with E-state index in [-0.39, 0.29) is 18.1 Å². The minimum atomic E-state index is -0.639. The molecule has 4 unspecified atom stereocenters. The Morgan fingerprint density at radius 1 is 1.45 bits per heavy atom. The Bertz CT molecular complexity index is 314. The topological polar surface area (TPSA) is 67.6 Å². The molecule has 0 aromatic heterocycles. The molecule has 0 aromatic rings. The molecular weight excluding hydrogens is 254 g/mol. The Balaban J connectivity index is 2.65. The maximum absolute atomic E-state index is 11.8. The number of morpholine rings is 1. The molecule has 4 atom stereocenters. The highest BCUT2D eigenvalue weighted by molar-refractivity contribution is 5.84. The number of hydrogen-bond acceptors (Lipinski definition) is 4. The summed E-state index contributed by atoms with van der Waals surface area (Å²) < 4.78 is 5.76. The van der Waals surface area contributed by atoms with Crippen molar-refractivity contribution in [3.8, 4) is 0 Å². The van der Waals surface area contributed by atoms with Crippen LogP contribution in [0.4, 0.5) is 0 Å². The molecular formula is C15H31N3O2. The van der Waals surface area contributed by atoms with E-state index in [2.05, 4.69) is 37.9 Å². The Morgan fingerprint density at radius 2 is 2.00 bits per heavy atom. The summed E-state index contributed by atoms with van der Waals surface area (Å²) in [5.41, 5.74) is 4.96. The molecule has 1 rings (SSSR count). The van der Waals surface area contributed by atoms with Crippen molar-refractivity contribution in [2.45, 2.75) is 71.2 Å². The van der Waals surface area contributed by atoms with Crippen LogP contribution in [0.15, 0.2) is 0 Å². The van der Waals surface area contributed by atoms with Crippen molar-refractivity contribution in [2.24, 2.45) is 5.73 Å². The van der Waals surface area contributed by atoms with E-state index in [0.29, 0.717) is 6.04 Å². The Labute approximate surface area is 123 Å². The molecule has 1 fully saturated rings. The van der Waals surface area contributed by atoms with E-state index >= 15 is 0 Å². The number of carbonyl (C=O) groups excluding carboxylic acids is 1. The maximum atomic E-state index is 11.8. The predicted molar refractivity (Wildman–Crippen MR) is 81.6 cm³/mol. The third-order valence-corrected chi connectivity index (χ3v) is 4.08. The van der Waals surface area contributed by atoms with Crippen molar-refractivity contribution in [1.29, 1.82) is 0 Å². The molecule has 0 aliphatic carbocycles. The number of amides is 1. The fourth-order valence-corrected chi connectivity index (χ4v) is 2.96. The summed E-state index contributed by atoms with van der Waals surface area (Å²) >= 11 is 0. The van der Waals surface area contributed by atoms with Crippen LogP contribution in [0.25, 0.3) is 0 Å². The summed E-state index contributed by atoms with van der Waals surface area (Å²) in [5.74, 6) is -0.271. The van der Waals surface area contributed by atoms with Crippen molar-refractivity contribution in [1.82, 2.24) is 10.2 Å². The smallest absolute Gasteiger partial charge is 0.237 e. The fraction of sp³-hybridized carbons (Fsp3) is 0.933. The van der Waals surface area contributed by atoms with Gasteiger partial charge >= 0.3 is 0 Å². The standard InChI is InChI=1S/C15H31N3O2/c1-6-7-17-15(5,14(16)19)8-11(2)18-9-12(3)20-13(4)10-18/h11-13,17H,6-10H2,1-5H3,(H2,16,19). The summed E-state index contributed by atoms with van der Waals surface area (Å²) in [5, 5.41) is 3.31. The SMILES string of the molecule is CCCNC(C)(CC(C)N1CC(C)OC(C)C1)C(N)=O. The van der Waals surface area contributed by atoms with Gasteiger partial charge in [-0.15, -0.1) is 0 Å². The quantitative estimate of drug-likeness (QED) is 0.735. The summed E-state index contributed by atoms with van der Waals surface area (Å²) in [4.78, 5) is 14.2. The molecule has 1 aliphatic heterocycles. The summed E-state index contributed by atoms with van der Waals surface area (Å²) in [7, 11) is 0. The first-order chi connectivity index (χ1) is 9.28. The van der Waals surface area contributed by atoms with Gasteiger partial charge in [-0.1, -0.05) is 6.92 Å². The van der Waals surface area contributed by atoms with Gasteiger partial charge in [0.05, 0.1) is 17.7 Å². The lowest BCUT2D eigenvalue weighted by Gasteiger charge is -2.41. The van der Waals surface area contributed by atoms with Crippen LogP contribution in [0.3, 0.4) is 0 Å². The zero-order valence-electron chi connectivity index (χ0n) is 13.6. The number of nitrogens with two attached hydrogens (primary N) is 1. The molecule has 0 spiro atoms. The fourth-order valence-electron chi connectivity index (χ4n) is 2.96. The van der Waals surface area contributed by atoms with Crippen LogP contribution in [-0.4, -0.2) is 54.2 Å². The van der Waals surface area contributed by atoms with Crippen LogP contribution in [-0.2, 0) is 9.53 Å². The van der Waals surface area contributed by atoms with Crippen LogP contribution < -0.4 is 11.1 Å². The lowest BCUT2D eigenvalue weighted by molar-refractivity contribution is -0.125. The normalized spacial score (nSPS) is 28.9. The van der Waals surface area contributed by atoms with Gasteiger partial charge < -0.3 is 15.8 Å². The first-order valence-corrected chi connectivity index (χ1v) is 7.73. The second-order valence-electron chi connectivity index (χ2n) is 6.39. The first-order valence-electron chi connectivity index (χ1n) is 7.73. The van der Waals surface area contributed by atoms with Gasteiger partial charge in [0.25, 0.3) is 0 Å². The van der Waals surface area contributed by atoms with E-state index in [9.17, 15) is 4.79 Å². The van der Waals surface area contributed by atoms with Gasteiger partial charge in [0.2, 0.25) is 5.91 Å². The summed E-state index contributed by atoms with van der Waals surface area (Å²) in [6, 6.07) is 0.297. The van der Waals surface area contributed by atoms with Gasteiger partial charge in [0, 0.05) is 19.1 Å². The van der Waals surface area contributed by atoms with E-state index in [1.165, 1.54) is 0 Å². The van der Waals surface area contributed by atoms with Crippen molar-refractivity contribution < 1.29 is 9.53 Å². The molecule has 1 heterocycles. The first kappa shape index (κ1) is 17.4. The average molecular weight is 285 g/mol. The minimum absolute atomic E-state index is 0.240. The zero-order chi connectivity index (χ0) is 15.3. The van der Waals surface area contributed by atoms with Crippen molar-refractivity contribution >= 4 is 5.91 Å². The van der Waals surface area contributed by atoms with Crippen molar-refractivity contribution in [3.05, 3.63) is 0 Å². The molecule has 1 saturated heterocycles. The molecule has 20 heavy (non-hydrogen) atoms. The third kappa shape index (κ3) is 4.72. The van der Waals surface area contributed by atoms with Gasteiger partial charge in [-0.2, -0.15) is 0 Å². The second-order valence-corrected chi connectivity index (χ2v) is 6.39. The molecule has 1 aliphatic rings. The van der Waals surface area contributed by atoms with Crippen LogP contribution in [0.1, 0.15) is 47.5 Å². The molecule has 118 valence electrons. The number of ether oxygens (including phenoxy) is 1. The Hall–Kier alpha value is -0.650. The number of carbonyl (C=O) groups is 1. The predicted octanol–water partition coefficient (Wildman–Crippen LogP) is 1.12. The third-order valence-electron chi connectivity index (χ3n) is 4.08. The molecule has 0 radical (unpaired) electrons. The van der Waals surface area contributed by atoms with Crippen LogP contribution in [0.2, 0.25) is 0 Å². The highest BCUT2D eigenvalue weighted by Gasteiger charge is 2.35. The summed E-state index contributed by atoms with van der Waals surface area (Å²) in [6.07, 6.45) is 2.19. The van der Waals surface area contributed by atoms with E-state index in [4.69, 9.17) is 10.5 Å². The maximum Gasteiger partial charge on any atom is 0.237 e. The largest absolute Gasteiger partial charge is 0.373 e. The number of rotatable bonds is 7. The van der Waals surface area contributed by atoms with E-state index in [1.54, 1.807) is 0 Å². The van der Waals surface area contributed by atoms with Crippen LogP contribution in [0.5, 0.6) is 0 Å². The molecule has 3 N–H and O–H groups in total. The molecule has 0 bridgehead atoms. The number of nitrogens with one attached hydrogen (secondary N) is 1. The molecule has 0 aromatic carbocycles. The zero-order valence-corrected chi connectivity index (χ0v) is 13.6. The van der Waals surface area contributed by atoms with Crippen LogP contribution >= 0.6 is 0 Å². The van der Waals surface area contributed by atoms with Gasteiger partial charge in [0.15, 0.2) is 0 Å². The highest BCUT2D eigenvalue weighted by atomic mass is 16.5. The number of nitrogens with zero attached hydrogens (tertiary/aromatic N) is 1. The molecule has 5 nitrogen and oxygen atoms in total. The van der Waals surface area contributed by atoms with Gasteiger partial charge in [-0.05, 0) is 47.1 Å². The van der Waals surface area contributed by atoms with Gasteiger partial charge in [0.1, 0.15) is 0 Å². The summed E-state index contributed by atoms with van der Waals surface area (Å²) in [6.45, 7) is 13.0. The molecule has 1 amide bonds. The van der Waals surface area contributed by atoms with E-state index in [1.807, 2.05) is 6.92 Å². The van der Waals surface area contributed by atoms with Crippen molar-refractivity contribution in [2.75, 3.05) is 19.6 Å². The van der Waals surface area contributed by atoms with Gasteiger partial charge in [-0.3, -0.25) is 9.69 Å². The van der Waals surface area contributed by atoms with Gasteiger partial charge in [-0.25, -0.2) is 0 Å². The van der Waals surface area contributed by atoms with Crippen LogP contribution in [0, 0.1) is 0 Å². The minimum Gasteiger partial charge on any atom is -0.373 e. The lowest BCUT2D eigenvalue weighted by Crippen LogP contribution is -2.58. The Morgan fingerprint density at radius 3 is 2.45 bits per heavy atom. The Kier molecular flexibility index (Phi) is 6.43. The van der Waals surface area contributed by atoms with Crippen molar-refractivity contribution in [3.63, 3.8) is 0 Å². The molecule has 5 heteroatoms. The number of primary amides is 1. The lowest BCUT2D eigenvalue weighted by atomic mass is 9.91.